The van der Waals surface area contributed by atoms with Gasteiger partial charge in [0.1, 0.15) is 11.4 Å². The topological polar surface area (TPSA) is 158 Å². The average molecular weight is 502 g/mol. The molecule has 1 aromatic carbocycles. The second kappa shape index (κ2) is 10.9. The van der Waals surface area contributed by atoms with Crippen molar-refractivity contribution in [3.63, 3.8) is 0 Å². The molecule has 0 fully saturated rings. The van der Waals surface area contributed by atoms with Gasteiger partial charge in [0.25, 0.3) is 11.8 Å². The van der Waals surface area contributed by atoms with Crippen LogP contribution in [0.1, 0.15) is 43.6 Å². The Morgan fingerprint density at radius 3 is 2.44 bits per heavy atom. The third-order valence-corrected chi connectivity index (χ3v) is 6.49. The monoisotopic (exact) mass is 501 g/mol. The van der Waals surface area contributed by atoms with Crippen LogP contribution in [0.5, 0.6) is 0 Å². The fourth-order valence-corrected chi connectivity index (χ4v) is 4.67. The van der Waals surface area contributed by atoms with Crippen LogP contribution in [-0.2, 0) is 14.3 Å². The lowest BCUT2D eigenvalue weighted by Gasteiger charge is -2.30. The highest BCUT2D eigenvalue weighted by Crippen LogP contribution is 2.34. The number of carbonyl (C=O) groups excluding carboxylic acids is 4. The van der Waals surface area contributed by atoms with Gasteiger partial charge in [-0.2, -0.15) is 4.37 Å². The molecule has 2 heterocycles. The summed E-state index contributed by atoms with van der Waals surface area (Å²) in [5.41, 5.74) is 12.3. The molecule has 3 rings (SSSR count). The van der Waals surface area contributed by atoms with Crippen molar-refractivity contribution in [2.45, 2.75) is 19.9 Å². The van der Waals surface area contributed by atoms with E-state index in [0.717, 1.165) is 17.1 Å². The standard InChI is InChI=1S/C22H23N5O5S2/c1-3-32-15(28)11-25-21(30)18(14-5-4-10-33-14)27(13-8-6-12(2)7-9-13)22(31)19-16(23)17(20(24)29)26-34-19/h4-10,18H,3,11,23H2,1-2H3,(H2,24,29)(H,25,30)/t18-/m0/s1. The van der Waals surface area contributed by atoms with Crippen LogP contribution in [0.25, 0.3) is 0 Å². The van der Waals surface area contributed by atoms with E-state index in [2.05, 4.69) is 9.69 Å². The Balaban J connectivity index is 2.08. The number of aromatic nitrogens is 1. The first-order valence-corrected chi connectivity index (χ1v) is 11.8. The zero-order valence-corrected chi connectivity index (χ0v) is 20.1. The summed E-state index contributed by atoms with van der Waals surface area (Å²) >= 11 is 1.99. The molecule has 0 aliphatic heterocycles. The van der Waals surface area contributed by atoms with Crippen LogP contribution in [0.3, 0.4) is 0 Å². The van der Waals surface area contributed by atoms with Gasteiger partial charge >= 0.3 is 5.97 Å². The van der Waals surface area contributed by atoms with E-state index in [9.17, 15) is 19.2 Å². The summed E-state index contributed by atoms with van der Waals surface area (Å²) < 4.78 is 8.79. The number of nitrogens with one attached hydrogen (secondary N) is 1. The number of esters is 1. The number of carbonyl (C=O) groups is 4. The first kappa shape index (κ1) is 24.9. The molecule has 12 heteroatoms. The predicted molar refractivity (Wildman–Crippen MR) is 130 cm³/mol. The highest BCUT2D eigenvalue weighted by Gasteiger charge is 2.36. The minimum atomic E-state index is -1.14. The van der Waals surface area contributed by atoms with Gasteiger partial charge in [-0.15, -0.1) is 11.3 Å². The number of hydrogen-bond acceptors (Lipinski definition) is 9. The number of hydrogen-bond donors (Lipinski definition) is 3. The van der Waals surface area contributed by atoms with Crippen molar-refractivity contribution in [3.05, 3.63) is 62.8 Å². The minimum absolute atomic E-state index is 0.0332. The number of ether oxygens (including phenoxy) is 1. The molecule has 34 heavy (non-hydrogen) atoms. The first-order valence-electron chi connectivity index (χ1n) is 10.2. The second-order valence-electron chi connectivity index (χ2n) is 7.09. The van der Waals surface area contributed by atoms with Crippen molar-refractivity contribution in [1.82, 2.24) is 9.69 Å². The van der Waals surface area contributed by atoms with E-state index in [-0.39, 0.29) is 29.4 Å². The van der Waals surface area contributed by atoms with Gasteiger partial charge in [-0.25, -0.2) is 0 Å². The van der Waals surface area contributed by atoms with Gasteiger partial charge in [-0.05, 0) is 49.0 Å². The molecule has 3 aromatic rings. The number of aryl methyl sites for hydroxylation is 1. The third kappa shape index (κ3) is 5.41. The van der Waals surface area contributed by atoms with E-state index in [4.69, 9.17) is 16.2 Å². The van der Waals surface area contributed by atoms with E-state index in [1.807, 2.05) is 6.92 Å². The number of thiophene rings is 1. The third-order valence-electron chi connectivity index (χ3n) is 4.72. The zero-order valence-electron chi connectivity index (χ0n) is 18.4. The molecule has 0 aliphatic carbocycles. The molecule has 0 radical (unpaired) electrons. The Morgan fingerprint density at radius 2 is 1.88 bits per heavy atom. The maximum Gasteiger partial charge on any atom is 0.325 e. The Bertz CT molecular complexity index is 1190. The molecule has 2 aromatic heterocycles. The summed E-state index contributed by atoms with van der Waals surface area (Å²) in [6, 6.07) is 9.29. The van der Waals surface area contributed by atoms with Gasteiger partial charge < -0.3 is 21.5 Å². The first-order chi connectivity index (χ1) is 16.2. The summed E-state index contributed by atoms with van der Waals surface area (Å²) in [6.45, 7) is 3.35. The molecule has 0 saturated heterocycles. The maximum absolute atomic E-state index is 13.8. The fraction of sp³-hybridized carbons (Fsp3) is 0.227. The molecule has 0 bridgehead atoms. The number of primary amides is 1. The molecule has 0 saturated carbocycles. The molecule has 1 atom stereocenters. The lowest BCUT2D eigenvalue weighted by Crippen LogP contribution is -2.45. The number of nitrogens with zero attached hydrogens (tertiary/aromatic N) is 2. The summed E-state index contributed by atoms with van der Waals surface area (Å²) in [7, 11) is 0. The molecular weight excluding hydrogens is 478 g/mol. The van der Waals surface area contributed by atoms with Crippen LogP contribution in [0, 0.1) is 6.92 Å². The predicted octanol–water partition coefficient (Wildman–Crippen LogP) is 2.26. The van der Waals surface area contributed by atoms with Crippen molar-refractivity contribution in [1.29, 1.82) is 0 Å². The van der Waals surface area contributed by atoms with Crippen LogP contribution in [0.15, 0.2) is 41.8 Å². The Labute approximate surface area is 203 Å². The molecule has 10 nitrogen and oxygen atoms in total. The van der Waals surface area contributed by atoms with Crippen LogP contribution >= 0.6 is 22.9 Å². The number of amides is 3. The molecule has 5 N–H and O–H groups in total. The van der Waals surface area contributed by atoms with Crippen LogP contribution in [0.4, 0.5) is 11.4 Å². The number of nitrogen functional groups attached to an aromatic ring is 1. The summed E-state index contributed by atoms with van der Waals surface area (Å²) in [5.74, 6) is -2.71. The molecular formula is C22H23N5O5S2. The van der Waals surface area contributed by atoms with Gasteiger partial charge in [-0.3, -0.25) is 24.1 Å². The van der Waals surface area contributed by atoms with Crippen LogP contribution < -0.4 is 21.7 Å². The Morgan fingerprint density at radius 1 is 1.18 bits per heavy atom. The van der Waals surface area contributed by atoms with Gasteiger partial charge in [0.2, 0.25) is 5.91 Å². The van der Waals surface area contributed by atoms with Crippen molar-refractivity contribution in [3.8, 4) is 0 Å². The Kier molecular flexibility index (Phi) is 7.97. The largest absolute Gasteiger partial charge is 0.465 e. The maximum atomic E-state index is 13.8. The van der Waals surface area contributed by atoms with Gasteiger partial charge in [0, 0.05) is 10.6 Å². The molecule has 3 amide bonds. The summed E-state index contributed by atoms with van der Waals surface area (Å²) in [6.07, 6.45) is 0. The van der Waals surface area contributed by atoms with Crippen molar-refractivity contribution >= 4 is 57.9 Å². The van der Waals surface area contributed by atoms with Gasteiger partial charge in [-0.1, -0.05) is 23.8 Å². The van der Waals surface area contributed by atoms with E-state index >= 15 is 0 Å². The average Bonchev–Trinajstić information content (AvgIpc) is 3.46. The van der Waals surface area contributed by atoms with Crippen LogP contribution in [-0.4, -0.2) is 41.2 Å². The SMILES string of the molecule is CCOC(=O)CNC(=O)[C@H](c1cccs1)N(C(=O)c1snc(C(N)=O)c1N)c1ccc(C)cc1. The lowest BCUT2D eigenvalue weighted by atomic mass is 10.1. The molecule has 0 spiro atoms. The van der Waals surface area contributed by atoms with E-state index in [1.54, 1.807) is 48.7 Å². The number of anilines is 2. The van der Waals surface area contributed by atoms with Crippen molar-refractivity contribution < 1.29 is 23.9 Å². The van der Waals surface area contributed by atoms with E-state index in [0.29, 0.717) is 10.6 Å². The normalized spacial score (nSPS) is 11.5. The molecule has 0 aliphatic rings. The highest BCUT2D eigenvalue weighted by atomic mass is 32.1. The van der Waals surface area contributed by atoms with Crippen molar-refractivity contribution in [2.24, 2.45) is 5.73 Å². The second-order valence-corrected chi connectivity index (χ2v) is 8.84. The number of benzene rings is 1. The van der Waals surface area contributed by atoms with Crippen LogP contribution in [0.2, 0.25) is 0 Å². The lowest BCUT2D eigenvalue weighted by molar-refractivity contribution is -0.143. The van der Waals surface area contributed by atoms with Gasteiger partial charge in [0.15, 0.2) is 11.7 Å². The summed E-state index contributed by atoms with van der Waals surface area (Å²) in [5, 5.41) is 4.31. The smallest absolute Gasteiger partial charge is 0.325 e. The molecule has 178 valence electrons. The van der Waals surface area contributed by atoms with E-state index in [1.165, 1.54) is 16.2 Å². The minimum Gasteiger partial charge on any atom is -0.465 e. The number of rotatable bonds is 9. The molecule has 0 unspecified atom stereocenters. The zero-order chi connectivity index (χ0) is 24.8. The summed E-state index contributed by atoms with van der Waals surface area (Å²) in [4.78, 5) is 52.3. The van der Waals surface area contributed by atoms with E-state index < -0.39 is 29.7 Å². The highest BCUT2D eigenvalue weighted by molar-refractivity contribution is 7.10. The fourth-order valence-electron chi connectivity index (χ4n) is 3.12. The Hall–Kier alpha value is -3.77. The number of nitrogens with two attached hydrogens (primary N) is 2. The van der Waals surface area contributed by atoms with Gasteiger partial charge in [0.05, 0.1) is 12.3 Å². The quantitative estimate of drug-likeness (QED) is 0.379. The van der Waals surface area contributed by atoms with Crippen molar-refractivity contribution in [2.75, 3.05) is 23.8 Å².